The zero-order valence-corrected chi connectivity index (χ0v) is 13.2. The van der Waals surface area contributed by atoms with Gasteiger partial charge in [-0.15, -0.1) is 0 Å². The summed E-state index contributed by atoms with van der Waals surface area (Å²) in [5, 5.41) is 3.67. The van der Waals surface area contributed by atoms with Gasteiger partial charge in [0.05, 0.1) is 6.04 Å². The van der Waals surface area contributed by atoms with Crippen LogP contribution in [0, 0.1) is 11.3 Å². The van der Waals surface area contributed by atoms with Crippen molar-refractivity contribution in [2.45, 2.75) is 85.7 Å². The molecule has 0 aromatic rings. The van der Waals surface area contributed by atoms with E-state index in [1.807, 2.05) is 0 Å². The zero-order valence-electron chi connectivity index (χ0n) is 13.2. The summed E-state index contributed by atoms with van der Waals surface area (Å²) in [6, 6.07) is 1.09. The minimum Gasteiger partial charge on any atom is -0.369 e. The van der Waals surface area contributed by atoms with E-state index >= 15 is 0 Å². The summed E-state index contributed by atoms with van der Waals surface area (Å²) in [6.45, 7) is 13.6. The summed E-state index contributed by atoms with van der Waals surface area (Å²) in [7, 11) is 0. The van der Waals surface area contributed by atoms with Gasteiger partial charge in [-0.3, -0.25) is 4.99 Å². The molecule has 0 bridgehead atoms. The molecule has 0 spiro atoms. The molecule has 0 aliphatic carbocycles. The largest absolute Gasteiger partial charge is 0.369 e. The summed E-state index contributed by atoms with van der Waals surface area (Å²) in [5.74, 6) is 2.03. The second-order valence-electron chi connectivity index (χ2n) is 7.16. The first kappa shape index (κ1) is 15.5. The van der Waals surface area contributed by atoms with Crippen molar-refractivity contribution >= 4 is 5.84 Å². The Hall–Kier alpha value is -0.530. The molecule has 1 heterocycles. The second kappa shape index (κ2) is 6.58. The molecule has 2 nitrogen and oxygen atoms in total. The molecule has 0 radical (unpaired) electrons. The molecule has 1 N–H and O–H groups in total. The van der Waals surface area contributed by atoms with Crippen LogP contribution in [-0.2, 0) is 0 Å². The highest BCUT2D eigenvalue weighted by molar-refractivity contribution is 5.89. The Morgan fingerprint density at radius 2 is 1.89 bits per heavy atom. The van der Waals surface area contributed by atoms with Crippen molar-refractivity contribution in [2.24, 2.45) is 16.3 Å². The fourth-order valence-corrected chi connectivity index (χ4v) is 2.55. The summed E-state index contributed by atoms with van der Waals surface area (Å²) in [6.07, 6.45) is 6.37. The van der Waals surface area contributed by atoms with Crippen LogP contribution in [0.4, 0.5) is 0 Å². The van der Waals surface area contributed by atoms with E-state index in [9.17, 15) is 0 Å². The summed E-state index contributed by atoms with van der Waals surface area (Å²) in [4.78, 5) is 4.96. The van der Waals surface area contributed by atoms with Gasteiger partial charge in [0, 0.05) is 11.5 Å². The standard InChI is InChI=1S/C16H32N2/c1-7-9-13-14(11-8-10-12(2)3)18-15(17-13)16(4,5)6/h12-14H,7-11H2,1-6H3,(H,17,18). The summed E-state index contributed by atoms with van der Waals surface area (Å²) in [5.41, 5.74) is 0.165. The van der Waals surface area contributed by atoms with Crippen LogP contribution in [-0.4, -0.2) is 17.9 Å². The van der Waals surface area contributed by atoms with Crippen molar-refractivity contribution in [3.8, 4) is 0 Å². The van der Waals surface area contributed by atoms with E-state index in [0.29, 0.717) is 12.1 Å². The van der Waals surface area contributed by atoms with Gasteiger partial charge in [-0.2, -0.15) is 0 Å². The molecule has 0 amide bonds. The van der Waals surface area contributed by atoms with E-state index in [1.165, 1.54) is 37.9 Å². The van der Waals surface area contributed by atoms with E-state index in [1.54, 1.807) is 0 Å². The Bertz CT molecular complexity index is 273. The minimum atomic E-state index is 0.165. The SMILES string of the molecule is CCCC1NC(C(C)(C)C)=NC1CCCC(C)C. The quantitative estimate of drug-likeness (QED) is 0.744. The zero-order chi connectivity index (χ0) is 13.8. The predicted molar refractivity (Wildman–Crippen MR) is 81.2 cm³/mol. The third-order valence-electron chi connectivity index (χ3n) is 3.67. The van der Waals surface area contributed by atoms with Crippen molar-refractivity contribution in [1.29, 1.82) is 0 Å². The number of nitrogens with one attached hydrogen (secondary N) is 1. The van der Waals surface area contributed by atoms with E-state index in [2.05, 4.69) is 46.9 Å². The topological polar surface area (TPSA) is 24.4 Å². The maximum Gasteiger partial charge on any atom is 0.102 e. The molecule has 2 atom stereocenters. The first-order valence-electron chi connectivity index (χ1n) is 7.69. The van der Waals surface area contributed by atoms with Crippen LogP contribution in [0.1, 0.15) is 73.6 Å². The van der Waals surface area contributed by atoms with Gasteiger partial charge in [-0.1, -0.05) is 60.8 Å². The Morgan fingerprint density at radius 3 is 2.39 bits per heavy atom. The number of aliphatic imine (C=N–C) groups is 1. The predicted octanol–water partition coefficient (Wildman–Crippen LogP) is 4.40. The van der Waals surface area contributed by atoms with Crippen molar-refractivity contribution in [3.05, 3.63) is 0 Å². The highest BCUT2D eigenvalue weighted by Crippen LogP contribution is 2.25. The molecule has 0 aromatic heterocycles. The van der Waals surface area contributed by atoms with E-state index < -0.39 is 0 Å². The van der Waals surface area contributed by atoms with Crippen LogP contribution in [0.5, 0.6) is 0 Å². The monoisotopic (exact) mass is 252 g/mol. The van der Waals surface area contributed by atoms with Crippen LogP contribution >= 0.6 is 0 Å². The highest BCUT2D eigenvalue weighted by Gasteiger charge is 2.32. The second-order valence-corrected chi connectivity index (χ2v) is 7.16. The van der Waals surface area contributed by atoms with Crippen molar-refractivity contribution in [2.75, 3.05) is 0 Å². The summed E-state index contributed by atoms with van der Waals surface area (Å²) >= 11 is 0. The third kappa shape index (κ3) is 4.62. The van der Waals surface area contributed by atoms with Gasteiger partial charge in [0.15, 0.2) is 0 Å². The van der Waals surface area contributed by atoms with Crippen molar-refractivity contribution in [3.63, 3.8) is 0 Å². The highest BCUT2D eigenvalue weighted by atomic mass is 15.1. The van der Waals surface area contributed by atoms with Gasteiger partial charge in [-0.05, 0) is 18.8 Å². The minimum absolute atomic E-state index is 0.165. The first-order chi connectivity index (χ1) is 8.34. The normalized spacial score (nSPS) is 24.3. The van der Waals surface area contributed by atoms with Gasteiger partial charge in [0.2, 0.25) is 0 Å². The molecule has 18 heavy (non-hydrogen) atoms. The van der Waals surface area contributed by atoms with E-state index in [4.69, 9.17) is 4.99 Å². The fourth-order valence-electron chi connectivity index (χ4n) is 2.55. The molecule has 2 unspecified atom stereocenters. The lowest BCUT2D eigenvalue weighted by Gasteiger charge is -2.22. The molecule has 0 aromatic carbocycles. The smallest absolute Gasteiger partial charge is 0.102 e. The van der Waals surface area contributed by atoms with Crippen molar-refractivity contribution < 1.29 is 0 Å². The maximum absolute atomic E-state index is 4.96. The molecule has 0 saturated heterocycles. The number of amidine groups is 1. The molecule has 106 valence electrons. The fraction of sp³-hybridized carbons (Fsp3) is 0.938. The average Bonchev–Trinajstić information content (AvgIpc) is 2.61. The van der Waals surface area contributed by atoms with E-state index in [0.717, 1.165) is 5.92 Å². The lowest BCUT2D eigenvalue weighted by Crippen LogP contribution is -2.39. The van der Waals surface area contributed by atoms with Crippen LogP contribution in [0.25, 0.3) is 0 Å². The third-order valence-corrected chi connectivity index (χ3v) is 3.67. The average molecular weight is 252 g/mol. The van der Waals surface area contributed by atoms with Crippen LogP contribution < -0.4 is 5.32 Å². The van der Waals surface area contributed by atoms with Gasteiger partial charge in [0.25, 0.3) is 0 Å². The van der Waals surface area contributed by atoms with Crippen molar-refractivity contribution in [1.82, 2.24) is 5.32 Å². The lowest BCUT2D eigenvalue weighted by atomic mass is 9.95. The number of hydrogen-bond acceptors (Lipinski definition) is 2. The van der Waals surface area contributed by atoms with Gasteiger partial charge in [0.1, 0.15) is 5.84 Å². The number of nitrogens with zero attached hydrogens (tertiary/aromatic N) is 1. The van der Waals surface area contributed by atoms with Crippen LogP contribution in [0.15, 0.2) is 4.99 Å². The van der Waals surface area contributed by atoms with Gasteiger partial charge < -0.3 is 5.32 Å². The Balaban J connectivity index is 2.56. The maximum atomic E-state index is 4.96. The van der Waals surface area contributed by atoms with Gasteiger partial charge >= 0.3 is 0 Å². The molecular weight excluding hydrogens is 220 g/mol. The molecule has 0 saturated carbocycles. The molecule has 0 fully saturated rings. The molecule has 1 aliphatic heterocycles. The molecule has 1 aliphatic rings. The Morgan fingerprint density at radius 1 is 1.22 bits per heavy atom. The van der Waals surface area contributed by atoms with Gasteiger partial charge in [-0.25, -0.2) is 0 Å². The summed E-state index contributed by atoms with van der Waals surface area (Å²) < 4.78 is 0. The lowest BCUT2D eigenvalue weighted by molar-refractivity contribution is 0.429. The molecule has 1 rings (SSSR count). The number of hydrogen-bond donors (Lipinski definition) is 1. The van der Waals surface area contributed by atoms with Crippen LogP contribution in [0.2, 0.25) is 0 Å². The first-order valence-corrected chi connectivity index (χ1v) is 7.69. The van der Waals surface area contributed by atoms with Crippen LogP contribution in [0.3, 0.4) is 0 Å². The number of rotatable bonds is 6. The molecule has 2 heteroatoms. The Labute approximate surface area is 114 Å². The molecular formula is C16H32N2. The van der Waals surface area contributed by atoms with E-state index in [-0.39, 0.29) is 5.41 Å². The Kier molecular flexibility index (Phi) is 5.68.